The van der Waals surface area contributed by atoms with Crippen molar-refractivity contribution in [3.63, 3.8) is 0 Å². The fourth-order valence-corrected chi connectivity index (χ4v) is 4.55. The molecule has 3 aromatic carbocycles. The van der Waals surface area contributed by atoms with Crippen LogP contribution in [0.5, 0.6) is 5.75 Å². The number of hydrogen-bond acceptors (Lipinski definition) is 5. The summed E-state index contributed by atoms with van der Waals surface area (Å²) in [7, 11) is 0. The van der Waals surface area contributed by atoms with Gasteiger partial charge < -0.3 is 9.47 Å². The number of esters is 1. The number of halogens is 5. The zero-order chi connectivity index (χ0) is 28.3. The van der Waals surface area contributed by atoms with Crippen LogP contribution in [0.15, 0.2) is 96.1 Å². The number of aromatic nitrogens is 1. The summed E-state index contributed by atoms with van der Waals surface area (Å²) in [5, 5.41) is 0. The van der Waals surface area contributed by atoms with Gasteiger partial charge >= 0.3 is 12.3 Å². The second-order valence-corrected chi connectivity index (χ2v) is 9.05. The molecule has 0 bridgehead atoms. The molecule has 0 radical (unpaired) electrons. The molecule has 204 valence electrons. The minimum Gasteiger partial charge on any atom is -0.459 e. The number of nitrogens with zero attached hydrogens (tertiary/aromatic N) is 2. The van der Waals surface area contributed by atoms with Gasteiger partial charge in [-0.05, 0) is 53.1 Å². The van der Waals surface area contributed by atoms with Crippen LogP contribution in [0.1, 0.15) is 29.3 Å². The lowest BCUT2D eigenvalue weighted by molar-refractivity contribution is -0.274. The molecule has 0 fully saturated rings. The number of alkyl halides is 3. The van der Waals surface area contributed by atoms with Crippen molar-refractivity contribution in [1.29, 1.82) is 0 Å². The molecule has 1 aromatic heterocycles. The normalized spacial score (nSPS) is 16.9. The van der Waals surface area contributed by atoms with E-state index in [2.05, 4.69) is 14.7 Å². The molecule has 0 saturated carbocycles. The van der Waals surface area contributed by atoms with E-state index in [9.17, 15) is 26.7 Å². The monoisotopic (exact) mass is 552 g/mol. The van der Waals surface area contributed by atoms with Crippen LogP contribution < -0.4 is 4.74 Å². The van der Waals surface area contributed by atoms with Crippen LogP contribution >= 0.6 is 0 Å². The Kier molecular flexibility index (Phi) is 7.59. The Morgan fingerprint density at radius 3 is 2.10 bits per heavy atom. The van der Waals surface area contributed by atoms with Gasteiger partial charge in [0.15, 0.2) is 0 Å². The molecule has 4 aromatic rings. The van der Waals surface area contributed by atoms with Gasteiger partial charge in [-0.1, -0.05) is 48.5 Å². The van der Waals surface area contributed by atoms with Crippen LogP contribution in [0.25, 0.3) is 11.1 Å². The van der Waals surface area contributed by atoms with E-state index in [1.54, 1.807) is 48.7 Å². The average molecular weight is 552 g/mol. The highest BCUT2D eigenvalue weighted by Crippen LogP contribution is 2.39. The lowest BCUT2D eigenvalue weighted by Crippen LogP contribution is -2.22. The van der Waals surface area contributed by atoms with E-state index in [1.165, 1.54) is 30.3 Å². The third kappa shape index (κ3) is 6.17. The Morgan fingerprint density at radius 2 is 1.50 bits per heavy atom. The third-order valence-corrected chi connectivity index (χ3v) is 6.41. The highest BCUT2D eigenvalue weighted by molar-refractivity contribution is 6.04. The summed E-state index contributed by atoms with van der Waals surface area (Å²) in [6.07, 6.45) is -3.25. The number of ether oxygens (including phenoxy) is 2. The minimum atomic E-state index is -4.79. The Bertz CT molecular complexity index is 1500. The third-order valence-electron chi connectivity index (χ3n) is 6.41. The summed E-state index contributed by atoms with van der Waals surface area (Å²) < 4.78 is 75.9. The fraction of sp³-hybridized carbons (Fsp3) is 0.167. The van der Waals surface area contributed by atoms with E-state index in [0.717, 1.165) is 12.1 Å². The molecule has 0 saturated heterocycles. The molecule has 0 spiro atoms. The number of rotatable bonds is 7. The van der Waals surface area contributed by atoms with Crippen molar-refractivity contribution < 1.29 is 36.2 Å². The summed E-state index contributed by atoms with van der Waals surface area (Å²) >= 11 is 0. The zero-order valence-corrected chi connectivity index (χ0v) is 20.7. The quantitative estimate of drug-likeness (QED) is 0.179. The molecule has 5 rings (SSSR count). The largest absolute Gasteiger partial charge is 0.573 e. The maximum atomic E-state index is 14.6. The standard InChI is InChI=1S/C30H21F5N2O3/c31-24-5-3-6-25(32)27(24)26-16-23(29(38)39-17-21-4-1-2-15-36-21)28(37-26)20-9-7-18(8-10-20)19-11-13-22(14-12-19)40-30(33,34)35/h1-15,23,28H,16-17H2. The molecule has 40 heavy (non-hydrogen) atoms. The fourth-order valence-electron chi connectivity index (χ4n) is 4.55. The first-order valence-corrected chi connectivity index (χ1v) is 12.2. The van der Waals surface area contributed by atoms with E-state index >= 15 is 0 Å². The van der Waals surface area contributed by atoms with Crippen molar-refractivity contribution in [1.82, 2.24) is 4.98 Å². The second-order valence-electron chi connectivity index (χ2n) is 9.05. The van der Waals surface area contributed by atoms with E-state index in [1.807, 2.05) is 0 Å². The van der Waals surface area contributed by atoms with Crippen LogP contribution in [0, 0.1) is 17.6 Å². The lowest BCUT2D eigenvalue weighted by atomic mass is 9.90. The van der Waals surface area contributed by atoms with Crippen LogP contribution in [0.4, 0.5) is 22.0 Å². The highest BCUT2D eigenvalue weighted by Gasteiger charge is 2.39. The van der Waals surface area contributed by atoms with Gasteiger partial charge in [-0.15, -0.1) is 13.2 Å². The first-order chi connectivity index (χ1) is 19.2. The molecule has 0 N–H and O–H groups in total. The molecule has 2 atom stereocenters. The molecular weight excluding hydrogens is 531 g/mol. The SMILES string of the molecule is O=C(OCc1ccccn1)C1CC(c2c(F)cccc2F)=NC1c1ccc(-c2ccc(OC(F)(F)F)cc2)cc1. The van der Waals surface area contributed by atoms with E-state index in [0.29, 0.717) is 22.4 Å². The number of benzene rings is 3. The van der Waals surface area contributed by atoms with Crippen molar-refractivity contribution >= 4 is 11.7 Å². The Hall–Kier alpha value is -4.60. The van der Waals surface area contributed by atoms with Crippen molar-refractivity contribution in [2.24, 2.45) is 10.9 Å². The van der Waals surface area contributed by atoms with Crippen molar-refractivity contribution in [2.75, 3.05) is 0 Å². The van der Waals surface area contributed by atoms with Crippen molar-refractivity contribution in [3.05, 3.63) is 120 Å². The van der Waals surface area contributed by atoms with Crippen LogP contribution in [0.2, 0.25) is 0 Å². The number of hydrogen-bond donors (Lipinski definition) is 0. The van der Waals surface area contributed by atoms with Gasteiger partial charge in [-0.25, -0.2) is 8.78 Å². The van der Waals surface area contributed by atoms with Crippen LogP contribution in [-0.4, -0.2) is 23.0 Å². The number of carbonyl (C=O) groups excluding carboxylic acids is 1. The maximum absolute atomic E-state index is 14.6. The van der Waals surface area contributed by atoms with Crippen molar-refractivity contribution in [2.45, 2.75) is 25.4 Å². The molecule has 2 heterocycles. The summed E-state index contributed by atoms with van der Waals surface area (Å²) in [4.78, 5) is 21.9. The van der Waals surface area contributed by atoms with E-state index in [-0.39, 0.29) is 30.1 Å². The Morgan fingerprint density at radius 1 is 0.850 bits per heavy atom. The van der Waals surface area contributed by atoms with Gasteiger partial charge in [0.2, 0.25) is 0 Å². The predicted octanol–water partition coefficient (Wildman–Crippen LogP) is 7.22. The molecule has 0 amide bonds. The number of carbonyl (C=O) groups is 1. The summed E-state index contributed by atoms with van der Waals surface area (Å²) in [6.45, 7) is -0.0702. The van der Waals surface area contributed by atoms with Gasteiger partial charge in [0.25, 0.3) is 0 Å². The molecule has 10 heteroatoms. The summed E-state index contributed by atoms with van der Waals surface area (Å²) in [5.41, 5.74) is 2.31. The first kappa shape index (κ1) is 27.0. The summed E-state index contributed by atoms with van der Waals surface area (Å²) in [6, 6.07) is 20.2. The topological polar surface area (TPSA) is 60.8 Å². The van der Waals surface area contributed by atoms with Gasteiger partial charge in [-0.2, -0.15) is 0 Å². The Balaban J connectivity index is 1.40. The Labute approximate surface area is 225 Å². The van der Waals surface area contributed by atoms with Crippen LogP contribution in [0.3, 0.4) is 0 Å². The number of aliphatic imine (C=N–C) groups is 1. The smallest absolute Gasteiger partial charge is 0.459 e. The number of pyridine rings is 1. The van der Waals surface area contributed by atoms with E-state index < -0.39 is 35.9 Å². The molecular formula is C30H21F5N2O3. The van der Waals surface area contributed by atoms with Gasteiger partial charge in [0.1, 0.15) is 24.0 Å². The molecule has 5 nitrogen and oxygen atoms in total. The lowest BCUT2D eigenvalue weighted by Gasteiger charge is -2.18. The molecule has 1 aliphatic heterocycles. The minimum absolute atomic E-state index is 0.0357. The first-order valence-electron chi connectivity index (χ1n) is 12.2. The van der Waals surface area contributed by atoms with Gasteiger partial charge in [0.05, 0.1) is 23.2 Å². The van der Waals surface area contributed by atoms with Gasteiger partial charge in [-0.3, -0.25) is 14.8 Å². The van der Waals surface area contributed by atoms with E-state index in [4.69, 9.17) is 4.74 Å². The summed E-state index contributed by atoms with van der Waals surface area (Å²) in [5.74, 6) is -3.34. The average Bonchev–Trinajstić information content (AvgIpc) is 3.37. The van der Waals surface area contributed by atoms with Crippen LogP contribution in [-0.2, 0) is 16.1 Å². The molecule has 2 unspecified atom stereocenters. The molecule has 0 aliphatic carbocycles. The van der Waals surface area contributed by atoms with Gasteiger partial charge in [0, 0.05) is 18.3 Å². The van der Waals surface area contributed by atoms with Crippen molar-refractivity contribution in [3.8, 4) is 16.9 Å². The zero-order valence-electron chi connectivity index (χ0n) is 20.7. The maximum Gasteiger partial charge on any atom is 0.573 e. The second kappa shape index (κ2) is 11.3. The predicted molar refractivity (Wildman–Crippen MR) is 136 cm³/mol. The molecule has 1 aliphatic rings. The highest BCUT2D eigenvalue weighted by atomic mass is 19.4.